The Bertz CT molecular complexity index is 872. The fourth-order valence-electron chi connectivity index (χ4n) is 3.66. The summed E-state index contributed by atoms with van der Waals surface area (Å²) in [5.74, 6) is -1.35. The zero-order valence-electron chi connectivity index (χ0n) is 16.0. The van der Waals surface area contributed by atoms with Crippen LogP contribution in [0.25, 0.3) is 0 Å². The number of hydrogen-bond donors (Lipinski definition) is 3. The third kappa shape index (κ3) is 4.57. The van der Waals surface area contributed by atoms with E-state index in [4.69, 9.17) is 11.6 Å². The first kappa shape index (κ1) is 20.8. The van der Waals surface area contributed by atoms with Crippen LogP contribution >= 0.6 is 22.9 Å². The number of carbonyl (C=O) groups excluding carboxylic acids is 2. The molecule has 0 aliphatic heterocycles. The standard InChI is InChI=1S/C21H25ClN2O3S/c1-13-5-6-15(22)11-16(13)24-20(27)19(26)23-12-21(9-3-4-10-21)18-8-7-17(28-18)14(2)25/h5-8,11,14,25H,3-4,9-10,12H2,1-2H3,(H,23,26)(H,24,27). The number of thiophene rings is 1. The Morgan fingerprint density at radius 3 is 2.57 bits per heavy atom. The van der Waals surface area contributed by atoms with Crippen molar-refractivity contribution >= 4 is 40.4 Å². The van der Waals surface area contributed by atoms with Crippen LogP contribution < -0.4 is 10.6 Å². The van der Waals surface area contributed by atoms with Gasteiger partial charge in [0.1, 0.15) is 0 Å². The lowest BCUT2D eigenvalue weighted by atomic mass is 9.84. The van der Waals surface area contributed by atoms with E-state index in [9.17, 15) is 14.7 Å². The third-order valence-corrected chi connectivity index (χ3v) is 7.10. The van der Waals surface area contributed by atoms with Crippen molar-refractivity contribution in [2.45, 2.75) is 51.0 Å². The van der Waals surface area contributed by atoms with Gasteiger partial charge in [-0.3, -0.25) is 9.59 Å². The van der Waals surface area contributed by atoms with Gasteiger partial charge < -0.3 is 15.7 Å². The number of amides is 2. The van der Waals surface area contributed by atoms with Gasteiger partial charge in [-0.05, 0) is 56.5 Å². The Hall–Kier alpha value is -1.89. The molecule has 0 saturated heterocycles. The van der Waals surface area contributed by atoms with Gasteiger partial charge in [0.05, 0.1) is 6.10 Å². The van der Waals surface area contributed by atoms with Gasteiger partial charge in [-0.15, -0.1) is 11.3 Å². The molecule has 1 aromatic carbocycles. The number of halogens is 1. The quantitative estimate of drug-likeness (QED) is 0.630. The molecule has 1 aromatic heterocycles. The first-order valence-corrected chi connectivity index (χ1v) is 10.6. The highest BCUT2D eigenvalue weighted by molar-refractivity contribution is 7.12. The molecule has 2 amide bonds. The highest BCUT2D eigenvalue weighted by Crippen LogP contribution is 2.44. The van der Waals surface area contributed by atoms with E-state index in [0.29, 0.717) is 17.3 Å². The molecule has 150 valence electrons. The summed E-state index contributed by atoms with van der Waals surface area (Å²) >= 11 is 7.56. The largest absolute Gasteiger partial charge is 0.388 e. The second-order valence-electron chi connectivity index (χ2n) is 7.46. The Balaban J connectivity index is 1.67. The Labute approximate surface area is 174 Å². The molecule has 1 saturated carbocycles. The summed E-state index contributed by atoms with van der Waals surface area (Å²) < 4.78 is 0. The fraction of sp³-hybridized carbons (Fsp3) is 0.429. The molecular formula is C21H25ClN2O3S. The second kappa shape index (κ2) is 8.64. The lowest BCUT2D eigenvalue weighted by Gasteiger charge is -2.28. The topological polar surface area (TPSA) is 78.4 Å². The van der Waals surface area contributed by atoms with Crippen LogP contribution in [0, 0.1) is 6.92 Å². The Morgan fingerprint density at radius 1 is 1.21 bits per heavy atom. The molecule has 1 aliphatic carbocycles. The molecule has 28 heavy (non-hydrogen) atoms. The van der Waals surface area contributed by atoms with Crippen LogP contribution in [-0.4, -0.2) is 23.5 Å². The van der Waals surface area contributed by atoms with E-state index in [1.807, 2.05) is 19.1 Å². The van der Waals surface area contributed by atoms with Crippen LogP contribution in [0.4, 0.5) is 5.69 Å². The number of anilines is 1. The van der Waals surface area contributed by atoms with Crippen molar-refractivity contribution in [3.8, 4) is 0 Å². The van der Waals surface area contributed by atoms with Crippen LogP contribution in [0.15, 0.2) is 30.3 Å². The van der Waals surface area contributed by atoms with Crippen molar-refractivity contribution in [1.29, 1.82) is 0 Å². The number of aliphatic hydroxyl groups excluding tert-OH is 1. The van der Waals surface area contributed by atoms with Gasteiger partial charge in [-0.2, -0.15) is 0 Å². The maximum Gasteiger partial charge on any atom is 0.313 e. The first-order valence-electron chi connectivity index (χ1n) is 9.44. The molecule has 3 N–H and O–H groups in total. The molecule has 5 nitrogen and oxygen atoms in total. The van der Waals surface area contributed by atoms with Gasteiger partial charge in [0, 0.05) is 32.4 Å². The summed E-state index contributed by atoms with van der Waals surface area (Å²) in [5, 5.41) is 15.8. The summed E-state index contributed by atoms with van der Waals surface area (Å²) in [6, 6.07) is 9.14. The monoisotopic (exact) mass is 420 g/mol. The number of aryl methyl sites for hydroxylation is 1. The van der Waals surface area contributed by atoms with Crippen LogP contribution in [0.3, 0.4) is 0 Å². The minimum absolute atomic E-state index is 0.167. The molecule has 1 fully saturated rings. The molecule has 7 heteroatoms. The number of hydrogen-bond acceptors (Lipinski definition) is 4. The van der Waals surface area contributed by atoms with Gasteiger partial charge in [0.15, 0.2) is 0 Å². The number of nitrogens with one attached hydrogen (secondary N) is 2. The van der Waals surface area contributed by atoms with Crippen molar-refractivity contribution in [3.63, 3.8) is 0 Å². The molecule has 1 unspecified atom stereocenters. The number of benzene rings is 1. The minimum Gasteiger partial charge on any atom is -0.388 e. The van der Waals surface area contributed by atoms with Crippen molar-refractivity contribution in [1.82, 2.24) is 5.32 Å². The van der Waals surface area contributed by atoms with Crippen molar-refractivity contribution in [2.75, 3.05) is 11.9 Å². The summed E-state index contributed by atoms with van der Waals surface area (Å²) in [4.78, 5) is 26.8. The van der Waals surface area contributed by atoms with Crippen LogP contribution in [-0.2, 0) is 15.0 Å². The fourth-order valence-corrected chi connectivity index (χ4v) is 5.02. The highest BCUT2D eigenvalue weighted by Gasteiger charge is 2.37. The number of rotatable bonds is 5. The number of carbonyl (C=O) groups is 2. The molecule has 1 atom stereocenters. The summed E-state index contributed by atoms with van der Waals surface area (Å²) in [5.41, 5.74) is 1.20. The van der Waals surface area contributed by atoms with Crippen molar-refractivity contribution in [3.05, 3.63) is 50.7 Å². The summed E-state index contributed by atoms with van der Waals surface area (Å²) in [6.45, 7) is 4.00. The lowest BCUT2D eigenvalue weighted by Crippen LogP contribution is -2.43. The molecule has 3 rings (SSSR count). The average molecular weight is 421 g/mol. The maximum absolute atomic E-state index is 12.4. The molecule has 2 aromatic rings. The van der Waals surface area contributed by atoms with Gasteiger partial charge in [0.25, 0.3) is 0 Å². The van der Waals surface area contributed by atoms with Crippen LogP contribution in [0.2, 0.25) is 5.02 Å². The first-order chi connectivity index (χ1) is 13.3. The number of aliphatic hydroxyl groups is 1. The van der Waals surface area contributed by atoms with E-state index >= 15 is 0 Å². The van der Waals surface area contributed by atoms with Crippen molar-refractivity contribution in [2.24, 2.45) is 0 Å². The smallest absolute Gasteiger partial charge is 0.313 e. The van der Waals surface area contributed by atoms with Crippen LogP contribution in [0.5, 0.6) is 0 Å². The van der Waals surface area contributed by atoms with Crippen molar-refractivity contribution < 1.29 is 14.7 Å². The molecule has 0 bridgehead atoms. The molecular weight excluding hydrogens is 396 g/mol. The maximum atomic E-state index is 12.4. The second-order valence-corrected chi connectivity index (χ2v) is 9.01. The van der Waals surface area contributed by atoms with Gasteiger partial charge in [0.2, 0.25) is 0 Å². The highest BCUT2D eigenvalue weighted by atomic mass is 35.5. The predicted molar refractivity (Wildman–Crippen MR) is 113 cm³/mol. The van der Waals surface area contributed by atoms with Gasteiger partial charge >= 0.3 is 11.8 Å². The summed E-state index contributed by atoms with van der Waals surface area (Å²) in [6.07, 6.45) is 3.60. The Kier molecular flexibility index (Phi) is 6.43. The van der Waals surface area contributed by atoms with Crippen LogP contribution in [0.1, 0.15) is 54.0 Å². The summed E-state index contributed by atoms with van der Waals surface area (Å²) in [7, 11) is 0. The SMILES string of the molecule is Cc1ccc(Cl)cc1NC(=O)C(=O)NCC1(c2ccc(C(C)O)s2)CCCC1. The zero-order valence-corrected chi connectivity index (χ0v) is 17.6. The van der Waals surface area contributed by atoms with E-state index in [1.165, 1.54) is 0 Å². The normalized spacial score (nSPS) is 16.6. The minimum atomic E-state index is -0.700. The van der Waals surface area contributed by atoms with E-state index in [-0.39, 0.29) is 5.41 Å². The lowest BCUT2D eigenvalue weighted by molar-refractivity contribution is -0.136. The van der Waals surface area contributed by atoms with E-state index in [2.05, 4.69) is 10.6 Å². The van der Waals surface area contributed by atoms with Gasteiger partial charge in [-0.1, -0.05) is 30.5 Å². The van der Waals surface area contributed by atoms with E-state index in [1.54, 1.807) is 36.5 Å². The average Bonchev–Trinajstić information content (AvgIpc) is 3.32. The molecule has 0 spiro atoms. The Morgan fingerprint density at radius 2 is 1.93 bits per heavy atom. The predicted octanol–water partition coefficient (Wildman–Crippen LogP) is 4.33. The zero-order chi connectivity index (χ0) is 20.3. The molecule has 1 aliphatic rings. The third-order valence-electron chi connectivity index (χ3n) is 5.36. The van der Waals surface area contributed by atoms with Gasteiger partial charge in [-0.25, -0.2) is 0 Å². The molecule has 1 heterocycles. The molecule has 0 radical (unpaired) electrons. The van der Waals surface area contributed by atoms with E-state index < -0.39 is 17.9 Å². The van der Waals surface area contributed by atoms with E-state index in [0.717, 1.165) is 41.0 Å².